The van der Waals surface area contributed by atoms with Crippen LogP contribution in [0.4, 0.5) is 5.69 Å². The predicted octanol–water partition coefficient (Wildman–Crippen LogP) is 3.38. The van der Waals surface area contributed by atoms with Crippen LogP contribution in [0.1, 0.15) is 48.7 Å². The number of carbonyl (C=O) groups excluding carboxylic acids is 1. The first-order valence-corrected chi connectivity index (χ1v) is 8.80. The molecule has 1 atom stereocenters. The predicted molar refractivity (Wildman–Crippen MR) is 93.0 cm³/mol. The number of carbonyl (C=O) groups is 1. The van der Waals surface area contributed by atoms with Gasteiger partial charge in [0.05, 0.1) is 17.9 Å². The molecule has 1 aromatic heterocycles. The number of benzene rings is 1. The van der Waals surface area contributed by atoms with Gasteiger partial charge in [0, 0.05) is 24.8 Å². The van der Waals surface area contributed by atoms with Gasteiger partial charge in [0.25, 0.3) is 5.91 Å². The van der Waals surface area contributed by atoms with Gasteiger partial charge in [-0.05, 0) is 36.5 Å². The van der Waals surface area contributed by atoms with Gasteiger partial charge in [-0.25, -0.2) is 0 Å². The molecule has 0 aliphatic carbocycles. The van der Waals surface area contributed by atoms with Crippen molar-refractivity contribution in [2.24, 2.45) is 0 Å². The number of rotatable bonds is 4. The molecule has 23 heavy (non-hydrogen) atoms. The molecule has 1 N–H and O–H groups in total. The first-order chi connectivity index (χ1) is 11.1. The average molecular weight is 330 g/mol. The molecule has 1 amide bonds. The van der Waals surface area contributed by atoms with E-state index in [0.717, 1.165) is 36.8 Å². The van der Waals surface area contributed by atoms with Crippen molar-refractivity contribution in [2.45, 2.75) is 38.6 Å². The van der Waals surface area contributed by atoms with Gasteiger partial charge in [-0.15, -0.1) is 0 Å². The summed E-state index contributed by atoms with van der Waals surface area (Å²) in [7, 11) is 0. The molecule has 0 unspecified atom stereocenters. The number of likely N-dealkylation sites (tertiary alicyclic amines) is 1. The first-order valence-electron chi connectivity index (χ1n) is 8.07. The lowest BCUT2D eigenvalue weighted by Gasteiger charge is -2.33. The Morgan fingerprint density at radius 2 is 2.13 bits per heavy atom. The van der Waals surface area contributed by atoms with Crippen LogP contribution >= 0.6 is 11.7 Å². The van der Waals surface area contributed by atoms with E-state index in [1.165, 1.54) is 5.56 Å². The maximum Gasteiger partial charge on any atom is 0.275 e. The number of amides is 1. The lowest BCUT2D eigenvalue weighted by molar-refractivity contribution is 0.0710. The van der Waals surface area contributed by atoms with E-state index in [2.05, 4.69) is 52.2 Å². The zero-order valence-corrected chi connectivity index (χ0v) is 14.3. The van der Waals surface area contributed by atoms with Crippen molar-refractivity contribution in [3.8, 4) is 0 Å². The molecule has 1 aliphatic rings. The summed E-state index contributed by atoms with van der Waals surface area (Å²) in [4.78, 5) is 14.3. The average Bonchev–Trinajstić information content (AvgIpc) is 3.09. The SMILES string of the molecule is CC(C)c1ccc(N[C@H]2CCCN(C(=O)c3cnsn3)C2)cc1. The van der Waals surface area contributed by atoms with Crippen LogP contribution in [0.3, 0.4) is 0 Å². The summed E-state index contributed by atoms with van der Waals surface area (Å²) in [6.07, 6.45) is 3.63. The number of nitrogens with zero attached hydrogens (tertiary/aromatic N) is 3. The van der Waals surface area contributed by atoms with Crippen molar-refractivity contribution in [1.82, 2.24) is 13.6 Å². The first kappa shape index (κ1) is 15.9. The van der Waals surface area contributed by atoms with Crippen LogP contribution < -0.4 is 5.32 Å². The molecule has 0 saturated carbocycles. The van der Waals surface area contributed by atoms with Crippen molar-refractivity contribution in [1.29, 1.82) is 0 Å². The second kappa shape index (κ2) is 7.08. The number of piperidine rings is 1. The highest BCUT2D eigenvalue weighted by atomic mass is 32.1. The molecule has 1 aromatic carbocycles. The van der Waals surface area contributed by atoms with Gasteiger partial charge in [0.2, 0.25) is 0 Å². The lowest BCUT2D eigenvalue weighted by atomic mass is 10.0. The highest BCUT2D eigenvalue weighted by Crippen LogP contribution is 2.20. The number of aromatic nitrogens is 2. The Labute approximate surface area is 141 Å². The summed E-state index contributed by atoms with van der Waals surface area (Å²) in [5.41, 5.74) is 2.91. The van der Waals surface area contributed by atoms with Crippen molar-refractivity contribution < 1.29 is 4.79 Å². The summed E-state index contributed by atoms with van der Waals surface area (Å²) in [6.45, 7) is 5.89. The molecule has 3 rings (SSSR count). The van der Waals surface area contributed by atoms with E-state index in [-0.39, 0.29) is 11.9 Å². The molecular weight excluding hydrogens is 308 g/mol. The smallest absolute Gasteiger partial charge is 0.275 e. The normalized spacial score (nSPS) is 18.2. The molecule has 2 heterocycles. The Bertz CT molecular complexity index is 639. The van der Waals surface area contributed by atoms with Gasteiger partial charge in [-0.3, -0.25) is 4.79 Å². The topological polar surface area (TPSA) is 58.1 Å². The van der Waals surface area contributed by atoms with E-state index >= 15 is 0 Å². The number of nitrogens with one attached hydrogen (secondary N) is 1. The largest absolute Gasteiger partial charge is 0.381 e. The van der Waals surface area contributed by atoms with Crippen LogP contribution in [-0.2, 0) is 0 Å². The quantitative estimate of drug-likeness (QED) is 0.934. The number of hydrogen-bond donors (Lipinski definition) is 1. The maximum atomic E-state index is 12.4. The third kappa shape index (κ3) is 3.88. The fourth-order valence-corrected chi connectivity index (χ4v) is 3.31. The van der Waals surface area contributed by atoms with E-state index in [1.807, 2.05) is 4.90 Å². The van der Waals surface area contributed by atoms with E-state index in [9.17, 15) is 4.79 Å². The van der Waals surface area contributed by atoms with E-state index in [4.69, 9.17) is 0 Å². The Balaban J connectivity index is 1.61. The minimum absolute atomic E-state index is 0.0135. The van der Waals surface area contributed by atoms with Gasteiger partial charge in [0.15, 0.2) is 5.69 Å². The molecule has 1 fully saturated rings. The third-order valence-corrected chi connectivity index (χ3v) is 4.72. The standard InChI is InChI=1S/C17H22N4OS/c1-12(2)13-5-7-14(8-6-13)19-15-4-3-9-21(11-15)17(22)16-10-18-23-20-16/h5-8,10,12,15,19H,3-4,9,11H2,1-2H3/t15-/m0/s1. The van der Waals surface area contributed by atoms with Crippen LogP contribution in [0.5, 0.6) is 0 Å². The highest BCUT2D eigenvalue weighted by molar-refractivity contribution is 6.99. The lowest BCUT2D eigenvalue weighted by Crippen LogP contribution is -2.45. The van der Waals surface area contributed by atoms with E-state index in [1.54, 1.807) is 6.20 Å². The molecule has 2 aromatic rings. The molecule has 0 bridgehead atoms. The van der Waals surface area contributed by atoms with Crippen LogP contribution in [0.2, 0.25) is 0 Å². The Morgan fingerprint density at radius 1 is 1.35 bits per heavy atom. The van der Waals surface area contributed by atoms with Crippen molar-refractivity contribution in [3.63, 3.8) is 0 Å². The Kier molecular flexibility index (Phi) is 4.91. The minimum atomic E-state index is -0.0135. The second-order valence-electron chi connectivity index (χ2n) is 6.30. The maximum absolute atomic E-state index is 12.4. The van der Waals surface area contributed by atoms with Crippen LogP contribution in [0.25, 0.3) is 0 Å². The number of hydrogen-bond acceptors (Lipinski definition) is 5. The summed E-state index contributed by atoms with van der Waals surface area (Å²) in [5.74, 6) is 0.527. The second-order valence-corrected chi connectivity index (χ2v) is 6.86. The summed E-state index contributed by atoms with van der Waals surface area (Å²) < 4.78 is 7.96. The Morgan fingerprint density at radius 3 is 2.78 bits per heavy atom. The van der Waals surface area contributed by atoms with Gasteiger partial charge >= 0.3 is 0 Å². The summed E-state index contributed by atoms with van der Waals surface area (Å²) in [6, 6.07) is 8.87. The molecule has 1 saturated heterocycles. The minimum Gasteiger partial charge on any atom is -0.381 e. The summed E-state index contributed by atoms with van der Waals surface area (Å²) >= 11 is 1.08. The fraction of sp³-hybridized carbons (Fsp3) is 0.471. The van der Waals surface area contributed by atoms with Gasteiger partial charge in [-0.1, -0.05) is 26.0 Å². The van der Waals surface area contributed by atoms with Crippen molar-refractivity contribution in [3.05, 3.63) is 41.7 Å². The molecule has 6 heteroatoms. The van der Waals surface area contributed by atoms with Crippen LogP contribution in [0.15, 0.2) is 30.5 Å². The van der Waals surface area contributed by atoms with E-state index in [0.29, 0.717) is 18.2 Å². The Hall–Kier alpha value is -1.95. The zero-order valence-electron chi connectivity index (χ0n) is 13.5. The molecule has 5 nitrogen and oxygen atoms in total. The highest BCUT2D eigenvalue weighted by Gasteiger charge is 2.25. The monoisotopic (exact) mass is 330 g/mol. The van der Waals surface area contributed by atoms with E-state index < -0.39 is 0 Å². The molecule has 0 spiro atoms. The van der Waals surface area contributed by atoms with Crippen LogP contribution in [-0.4, -0.2) is 38.7 Å². The van der Waals surface area contributed by atoms with Crippen molar-refractivity contribution >= 4 is 23.3 Å². The molecule has 0 radical (unpaired) electrons. The van der Waals surface area contributed by atoms with Gasteiger partial charge < -0.3 is 10.2 Å². The molecule has 1 aliphatic heterocycles. The summed E-state index contributed by atoms with van der Waals surface area (Å²) in [5, 5.41) is 3.55. The van der Waals surface area contributed by atoms with Gasteiger partial charge in [0.1, 0.15) is 0 Å². The van der Waals surface area contributed by atoms with Crippen molar-refractivity contribution in [2.75, 3.05) is 18.4 Å². The third-order valence-electron chi connectivity index (χ3n) is 4.24. The molecule has 122 valence electrons. The molecular formula is C17H22N4OS. The van der Waals surface area contributed by atoms with Crippen LogP contribution in [0, 0.1) is 0 Å². The number of anilines is 1. The van der Waals surface area contributed by atoms with Gasteiger partial charge in [-0.2, -0.15) is 8.75 Å². The fourth-order valence-electron chi connectivity index (χ4n) is 2.90. The zero-order chi connectivity index (χ0) is 16.2.